The molecular formula is C14H23NO4. The molecule has 0 radical (unpaired) electrons. The van der Waals surface area contributed by atoms with Gasteiger partial charge in [-0.3, -0.25) is 4.79 Å². The van der Waals surface area contributed by atoms with Gasteiger partial charge in [0.15, 0.2) is 6.10 Å². The minimum Gasteiger partial charge on any atom is -0.479 e. The first-order valence-corrected chi connectivity index (χ1v) is 7.28. The predicted octanol–water partition coefficient (Wildman–Crippen LogP) is 1.70. The van der Waals surface area contributed by atoms with Crippen LogP contribution in [-0.2, 0) is 14.3 Å². The maximum absolute atomic E-state index is 12.0. The number of amides is 1. The van der Waals surface area contributed by atoms with Gasteiger partial charge in [0, 0.05) is 6.04 Å². The number of carbonyl (C=O) groups is 2. The Morgan fingerprint density at radius 1 is 1.21 bits per heavy atom. The lowest BCUT2D eigenvalue weighted by Gasteiger charge is -2.29. The van der Waals surface area contributed by atoms with Crippen LogP contribution in [0.2, 0.25) is 0 Å². The number of rotatable bonds is 4. The fraction of sp³-hybridized carbons (Fsp3) is 0.857. The summed E-state index contributed by atoms with van der Waals surface area (Å²) >= 11 is 0. The van der Waals surface area contributed by atoms with Gasteiger partial charge in [0.2, 0.25) is 5.91 Å². The Balaban J connectivity index is 1.79. The lowest BCUT2D eigenvalue weighted by Crippen LogP contribution is -2.43. The van der Waals surface area contributed by atoms with E-state index in [1.807, 2.05) is 0 Å². The minimum absolute atomic E-state index is 0.134. The van der Waals surface area contributed by atoms with E-state index >= 15 is 0 Å². The van der Waals surface area contributed by atoms with Crippen molar-refractivity contribution in [3.63, 3.8) is 0 Å². The largest absolute Gasteiger partial charge is 0.479 e. The molecular weight excluding hydrogens is 246 g/mol. The van der Waals surface area contributed by atoms with E-state index in [-0.39, 0.29) is 11.9 Å². The van der Waals surface area contributed by atoms with Crippen molar-refractivity contribution in [1.82, 2.24) is 5.32 Å². The quantitative estimate of drug-likeness (QED) is 0.814. The van der Waals surface area contributed by atoms with E-state index in [9.17, 15) is 9.59 Å². The van der Waals surface area contributed by atoms with E-state index < -0.39 is 18.2 Å². The summed E-state index contributed by atoms with van der Waals surface area (Å²) in [5.74, 6) is -0.403. The van der Waals surface area contributed by atoms with Gasteiger partial charge in [-0.1, -0.05) is 26.2 Å². The lowest BCUT2D eigenvalue weighted by molar-refractivity contribution is -0.152. The van der Waals surface area contributed by atoms with Crippen LogP contribution in [0.15, 0.2) is 0 Å². The van der Waals surface area contributed by atoms with Crippen LogP contribution in [0, 0.1) is 5.92 Å². The molecule has 1 amide bonds. The summed E-state index contributed by atoms with van der Waals surface area (Å²) in [5, 5.41) is 11.9. The third kappa shape index (κ3) is 3.69. The van der Waals surface area contributed by atoms with Crippen LogP contribution in [0.1, 0.15) is 51.9 Å². The fourth-order valence-corrected chi connectivity index (χ4v) is 3.10. The molecule has 2 aliphatic rings. The fourth-order valence-electron chi connectivity index (χ4n) is 3.10. The number of hydrogen-bond donors (Lipinski definition) is 2. The van der Waals surface area contributed by atoms with Crippen LogP contribution in [-0.4, -0.2) is 35.2 Å². The Bertz CT molecular complexity index is 344. The average molecular weight is 269 g/mol. The molecule has 1 saturated carbocycles. The van der Waals surface area contributed by atoms with Crippen molar-refractivity contribution in [1.29, 1.82) is 0 Å². The number of carbonyl (C=O) groups excluding carboxylic acids is 1. The summed E-state index contributed by atoms with van der Waals surface area (Å²) in [6.07, 6.45) is 5.18. The smallest absolute Gasteiger partial charge is 0.332 e. The molecule has 0 spiro atoms. The van der Waals surface area contributed by atoms with Crippen LogP contribution in [0.25, 0.3) is 0 Å². The molecule has 2 rings (SSSR count). The normalized spacial score (nSPS) is 35.0. The lowest BCUT2D eigenvalue weighted by atomic mass is 9.84. The summed E-state index contributed by atoms with van der Waals surface area (Å²) in [7, 11) is 0. The zero-order valence-corrected chi connectivity index (χ0v) is 11.4. The highest BCUT2D eigenvalue weighted by Crippen LogP contribution is 2.27. The van der Waals surface area contributed by atoms with Gasteiger partial charge < -0.3 is 15.2 Å². The van der Waals surface area contributed by atoms with Crippen LogP contribution >= 0.6 is 0 Å². The van der Waals surface area contributed by atoms with Crippen molar-refractivity contribution in [2.75, 3.05) is 0 Å². The molecule has 2 unspecified atom stereocenters. The highest BCUT2D eigenvalue weighted by atomic mass is 16.5. The molecule has 5 nitrogen and oxygen atoms in total. The van der Waals surface area contributed by atoms with E-state index in [4.69, 9.17) is 9.84 Å². The molecule has 0 aromatic carbocycles. The first-order chi connectivity index (χ1) is 9.10. The van der Waals surface area contributed by atoms with Crippen molar-refractivity contribution in [3.8, 4) is 0 Å². The third-order valence-corrected chi connectivity index (χ3v) is 4.29. The van der Waals surface area contributed by atoms with Crippen molar-refractivity contribution in [3.05, 3.63) is 0 Å². The Hall–Kier alpha value is -1.10. The highest BCUT2D eigenvalue weighted by Gasteiger charge is 2.35. The second kappa shape index (κ2) is 6.37. The molecule has 1 heterocycles. The average Bonchev–Trinajstić information content (AvgIpc) is 2.89. The van der Waals surface area contributed by atoms with Gasteiger partial charge in [0.05, 0.1) is 0 Å². The Labute approximate surface area is 113 Å². The second-order valence-electron chi connectivity index (χ2n) is 5.68. The molecule has 0 aromatic heterocycles. The first kappa shape index (κ1) is 14.3. The first-order valence-electron chi connectivity index (χ1n) is 7.28. The number of ether oxygens (including phenoxy) is 1. The van der Waals surface area contributed by atoms with E-state index in [1.165, 1.54) is 6.42 Å². The molecule has 5 heteroatoms. The molecule has 2 fully saturated rings. The SMILES string of the molecule is CCC1CCCC(NC(=O)[C@@H]2CC[C@H](C(=O)O)O2)C1. The van der Waals surface area contributed by atoms with Gasteiger partial charge in [-0.15, -0.1) is 0 Å². The molecule has 108 valence electrons. The van der Waals surface area contributed by atoms with Crippen molar-refractivity contribution in [2.45, 2.75) is 70.1 Å². The van der Waals surface area contributed by atoms with Crippen molar-refractivity contribution < 1.29 is 19.4 Å². The standard InChI is InChI=1S/C14H23NO4/c1-2-9-4-3-5-10(8-9)15-13(16)11-6-7-12(19-11)14(17)18/h9-12H,2-8H2,1H3,(H,15,16)(H,17,18)/t9?,10?,11-,12+/m0/s1. The molecule has 1 aliphatic carbocycles. The zero-order valence-electron chi connectivity index (χ0n) is 11.4. The maximum atomic E-state index is 12.0. The van der Waals surface area contributed by atoms with Crippen molar-refractivity contribution in [2.24, 2.45) is 5.92 Å². The summed E-state index contributed by atoms with van der Waals surface area (Å²) in [6.45, 7) is 2.19. The Morgan fingerprint density at radius 3 is 2.58 bits per heavy atom. The molecule has 1 saturated heterocycles. The van der Waals surface area contributed by atoms with Gasteiger partial charge >= 0.3 is 5.97 Å². The minimum atomic E-state index is -0.973. The summed E-state index contributed by atoms with van der Waals surface area (Å²) < 4.78 is 5.27. The van der Waals surface area contributed by atoms with E-state index in [0.29, 0.717) is 18.8 Å². The molecule has 0 bridgehead atoms. The van der Waals surface area contributed by atoms with E-state index in [1.54, 1.807) is 0 Å². The summed E-state index contributed by atoms with van der Waals surface area (Å²) in [4.78, 5) is 22.8. The predicted molar refractivity (Wildman–Crippen MR) is 69.7 cm³/mol. The highest BCUT2D eigenvalue weighted by molar-refractivity contribution is 5.82. The topological polar surface area (TPSA) is 75.6 Å². The maximum Gasteiger partial charge on any atom is 0.332 e. The van der Waals surface area contributed by atoms with E-state index in [2.05, 4.69) is 12.2 Å². The van der Waals surface area contributed by atoms with Gasteiger partial charge in [-0.25, -0.2) is 4.79 Å². The summed E-state index contributed by atoms with van der Waals surface area (Å²) in [5.41, 5.74) is 0. The number of carboxylic acids is 1. The number of aliphatic carboxylic acids is 1. The second-order valence-corrected chi connectivity index (χ2v) is 5.68. The Morgan fingerprint density at radius 2 is 1.95 bits per heavy atom. The molecule has 2 N–H and O–H groups in total. The van der Waals surface area contributed by atoms with Gasteiger partial charge in [-0.05, 0) is 31.6 Å². The van der Waals surface area contributed by atoms with Crippen molar-refractivity contribution >= 4 is 11.9 Å². The van der Waals surface area contributed by atoms with Gasteiger partial charge in [-0.2, -0.15) is 0 Å². The number of carboxylic acid groups (broad SMARTS) is 1. The third-order valence-electron chi connectivity index (χ3n) is 4.29. The number of nitrogens with one attached hydrogen (secondary N) is 1. The van der Waals surface area contributed by atoms with Crippen LogP contribution in [0.4, 0.5) is 0 Å². The molecule has 0 aromatic rings. The molecule has 1 aliphatic heterocycles. The van der Waals surface area contributed by atoms with Gasteiger partial charge in [0.25, 0.3) is 0 Å². The zero-order chi connectivity index (χ0) is 13.8. The summed E-state index contributed by atoms with van der Waals surface area (Å²) in [6, 6.07) is 0.235. The van der Waals surface area contributed by atoms with Gasteiger partial charge in [0.1, 0.15) is 6.10 Å². The van der Waals surface area contributed by atoms with Crippen LogP contribution in [0.5, 0.6) is 0 Å². The van der Waals surface area contributed by atoms with Crippen LogP contribution in [0.3, 0.4) is 0 Å². The van der Waals surface area contributed by atoms with E-state index in [0.717, 1.165) is 25.7 Å². The molecule has 4 atom stereocenters. The monoisotopic (exact) mass is 269 g/mol. The molecule has 19 heavy (non-hydrogen) atoms. The number of hydrogen-bond acceptors (Lipinski definition) is 3. The Kier molecular flexibility index (Phi) is 4.80. The van der Waals surface area contributed by atoms with Crippen LogP contribution < -0.4 is 5.32 Å².